The molecule has 1 heterocycles. The highest BCUT2D eigenvalue weighted by atomic mass is 79.9. The van der Waals surface area contributed by atoms with Gasteiger partial charge in [0.05, 0.1) is 6.61 Å². The van der Waals surface area contributed by atoms with Crippen LogP contribution < -0.4 is 4.74 Å². The molecule has 0 N–H and O–H groups in total. The van der Waals surface area contributed by atoms with Crippen molar-refractivity contribution in [1.29, 1.82) is 0 Å². The van der Waals surface area contributed by atoms with E-state index in [-0.39, 0.29) is 0 Å². The van der Waals surface area contributed by atoms with Gasteiger partial charge in [-0.3, -0.25) is 0 Å². The summed E-state index contributed by atoms with van der Waals surface area (Å²) in [6.45, 7) is 0.861. The summed E-state index contributed by atoms with van der Waals surface area (Å²) >= 11 is 3.45. The minimum atomic E-state index is 0.861. The Balaban J connectivity index is 1.98. The van der Waals surface area contributed by atoms with Crippen molar-refractivity contribution in [2.75, 3.05) is 11.9 Å². The molecule has 0 aliphatic carbocycles. The zero-order chi connectivity index (χ0) is 9.80. The van der Waals surface area contributed by atoms with Crippen molar-refractivity contribution in [2.45, 2.75) is 25.7 Å². The maximum atomic E-state index is 5.47. The van der Waals surface area contributed by atoms with E-state index in [9.17, 15) is 0 Å². The molecule has 76 valence electrons. The molecule has 0 saturated carbocycles. The van der Waals surface area contributed by atoms with Crippen molar-refractivity contribution in [3.8, 4) is 5.75 Å². The third kappa shape index (κ3) is 2.30. The summed E-state index contributed by atoms with van der Waals surface area (Å²) in [5, 5.41) is 1.11. The number of alkyl halides is 1. The van der Waals surface area contributed by atoms with Gasteiger partial charge in [-0.05, 0) is 36.5 Å². The van der Waals surface area contributed by atoms with E-state index < -0.39 is 0 Å². The van der Waals surface area contributed by atoms with Crippen LogP contribution in [0, 0.1) is 0 Å². The van der Waals surface area contributed by atoms with Crippen LogP contribution in [0.4, 0.5) is 0 Å². The fraction of sp³-hybridized carbons (Fsp3) is 0.500. The largest absolute Gasteiger partial charge is 0.493 e. The minimum absolute atomic E-state index is 0.861. The molecule has 0 atom stereocenters. The Labute approximate surface area is 93.6 Å². The highest BCUT2D eigenvalue weighted by molar-refractivity contribution is 9.09. The lowest BCUT2D eigenvalue weighted by Crippen LogP contribution is -1.87. The number of hydrogen-bond acceptors (Lipinski definition) is 1. The van der Waals surface area contributed by atoms with Gasteiger partial charge in [-0.25, -0.2) is 0 Å². The van der Waals surface area contributed by atoms with E-state index in [0.29, 0.717) is 0 Å². The zero-order valence-electron chi connectivity index (χ0n) is 8.26. The normalized spacial score (nSPS) is 13.8. The Morgan fingerprint density at radius 3 is 3.07 bits per heavy atom. The Morgan fingerprint density at radius 1 is 1.29 bits per heavy atom. The van der Waals surface area contributed by atoms with Crippen LogP contribution >= 0.6 is 15.9 Å². The van der Waals surface area contributed by atoms with Crippen LogP contribution in [-0.2, 0) is 12.8 Å². The molecule has 1 aliphatic rings. The molecule has 14 heavy (non-hydrogen) atoms. The molecule has 1 nitrogen and oxygen atoms in total. The third-order valence-electron chi connectivity index (χ3n) is 2.60. The third-order valence-corrected chi connectivity index (χ3v) is 3.16. The van der Waals surface area contributed by atoms with E-state index in [0.717, 1.165) is 24.1 Å². The second-order valence-corrected chi connectivity index (χ2v) is 4.48. The van der Waals surface area contributed by atoms with Gasteiger partial charge in [0, 0.05) is 11.8 Å². The summed E-state index contributed by atoms with van der Waals surface area (Å²) in [5.41, 5.74) is 2.84. The maximum Gasteiger partial charge on any atom is 0.122 e. The highest BCUT2D eigenvalue weighted by Crippen LogP contribution is 2.26. The van der Waals surface area contributed by atoms with Gasteiger partial charge < -0.3 is 4.74 Å². The topological polar surface area (TPSA) is 9.23 Å². The molecule has 2 rings (SSSR count). The zero-order valence-corrected chi connectivity index (χ0v) is 9.85. The number of ether oxygens (including phenoxy) is 1. The predicted molar refractivity (Wildman–Crippen MR) is 62.4 cm³/mol. The molecule has 0 radical (unpaired) electrons. The predicted octanol–water partition coefficient (Wildman–Crippen LogP) is 3.34. The fourth-order valence-corrected chi connectivity index (χ4v) is 2.22. The van der Waals surface area contributed by atoms with Crippen LogP contribution in [0.3, 0.4) is 0 Å². The monoisotopic (exact) mass is 254 g/mol. The van der Waals surface area contributed by atoms with Gasteiger partial charge in [-0.1, -0.05) is 28.1 Å². The van der Waals surface area contributed by atoms with Gasteiger partial charge >= 0.3 is 0 Å². The Kier molecular flexibility index (Phi) is 3.46. The number of aryl methyl sites for hydroxylation is 1. The Bertz CT molecular complexity index is 309. The average molecular weight is 255 g/mol. The van der Waals surface area contributed by atoms with Crippen LogP contribution in [-0.4, -0.2) is 11.9 Å². The van der Waals surface area contributed by atoms with Crippen molar-refractivity contribution >= 4 is 15.9 Å². The minimum Gasteiger partial charge on any atom is -0.493 e. The molecule has 1 aliphatic heterocycles. The van der Waals surface area contributed by atoms with Crippen LogP contribution in [0.15, 0.2) is 18.2 Å². The molecule has 0 fully saturated rings. The van der Waals surface area contributed by atoms with E-state index in [4.69, 9.17) is 4.74 Å². The maximum absolute atomic E-state index is 5.47. The smallest absolute Gasteiger partial charge is 0.122 e. The summed E-state index contributed by atoms with van der Waals surface area (Å²) in [7, 11) is 0. The second-order valence-electron chi connectivity index (χ2n) is 3.69. The van der Waals surface area contributed by atoms with Crippen molar-refractivity contribution in [2.24, 2.45) is 0 Å². The first-order valence-corrected chi connectivity index (χ1v) is 6.33. The van der Waals surface area contributed by atoms with E-state index in [1.807, 2.05) is 0 Å². The number of fused-ring (bicyclic) bond motifs is 1. The molecule has 0 aromatic heterocycles. The van der Waals surface area contributed by atoms with Gasteiger partial charge in [0.2, 0.25) is 0 Å². The number of rotatable bonds is 4. The first-order valence-electron chi connectivity index (χ1n) is 5.21. The van der Waals surface area contributed by atoms with E-state index >= 15 is 0 Å². The fourth-order valence-electron chi connectivity index (χ4n) is 1.82. The molecular formula is C12H15BrO. The summed E-state index contributed by atoms with van der Waals surface area (Å²) in [4.78, 5) is 0. The molecule has 0 amide bonds. The summed E-state index contributed by atoms with van der Waals surface area (Å²) < 4.78 is 5.47. The second kappa shape index (κ2) is 4.83. The molecule has 1 aromatic rings. The van der Waals surface area contributed by atoms with Gasteiger partial charge in [0.15, 0.2) is 0 Å². The van der Waals surface area contributed by atoms with E-state index in [1.54, 1.807) is 0 Å². The SMILES string of the molecule is BrCCCCc1ccc2c(c1)CCO2. The lowest BCUT2D eigenvalue weighted by molar-refractivity contribution is 0.357. The Hall–Kier alpha value is -0.500. The first kappa shape index (κ1) is 10.0. The lowest BCUT2D eigenvalue weighted by Gasteiger charge is -2.03. The molecule has 0 unspecified atom stereocenters. The Morgan fingerprint density at radius 2 is 2.21 bits per heavy atom. The molecular weight excluding hydrogens is 240 g/mol. The van der Waals surface area contributed by atoms with Crippen molar-refractivity contribution in [1.82, 2.24) is 0 Å². The van der Waals surface area contributed by atoms with Gasteiger partial charge in [0.1, 0.15) is 5.75 Å². The molecule has 2 heteroatoms. The summed E-state index contributed by atoms with van der Waals surface area (Å²) in [5.74, 6) is 1.09. The van der Waals surface area contributed by atoms with Crippen LogP contribution in [0.5, 0.6) is 5.75 Å². The van der Waals surface area contributed by atoms with Crippen LogP contribution in [0.25, 0.3) is 0 Å². The number of unbranched alkanes of at least 4 members (excludes halogenated alkanes) is 1. The van der Waals surface area contributed by atoms with E-state index in [2.05, 4.69) is 34.1 Å². The van der Waals surface area contributed by atoms with Crippen molar-refractivity contribution in [3.63, 3.8) is 0 Å². The van der Waals surface area contributed by atoms with E-state index in [1.165, 1.54) is 30.4 Å². The molecule has 1 aromatic carbocycles. The van der Waals surface area contributed by atoms with Crippen LogP contribution in [0.1, 0.15) is 24.0 Å². The highest BCUT2D eigenvalue weighted by Gasteiger charge is 2.11. The van der Waals surface area contributed by atoms with Crippen LogP contribution in [0.2, 0.25) is 0 Å². The van der Waals surface area contributed by atoms with Gasteiger partial charge in [-0.2, -0.15) is 0 Å². The lowest BCUT2D eigenvalue weighted by atomic mass is 10.0. The number of benzene rings is 1. The van der Waals surface area contributed by atoms with Crippen molar-refractivity contribution in [3.05, 3.63) is 29.3 Å². The standard InChI is InChI=1S/C12H15BrO/c13-7-2-1-3-10-4-5-12-11(9-10)6-8-14-12/h4-5,9H,1-3,6-8H2. The number of halogens is 1. The number of hydrogen-bond donors (Lipinski definition) is 0. The summed E-state index contributed by atoms with van der Waals surface area (Å²) in [6, 6.07) is 6.61. The molecule has 0 bridgehead atoms. The van der Waals surface area contributed by atoms with Gasteiger partial charge in [-0.15, -0.1) is 0 Å². The average Bonchev–Trinajstić information content (AvgIpc) is 2.65. The molecule has 0 saturated heterocycles. The summed E-state index contributed by atoms with van der Waals surface area (Å²) in [6.07, 6.45) is 4.80. The van der Waals surface area contributed by atoms with Gasteiger partial charge in [0.25, 0.3) is 0 Å². The van der Waals surface area contributed by atoms with Crippen molar-refractivity contribution < 1.29 is 4.74 Å². The first-order chi connectivity index (χ1) is 6.90. The molecule has 0 spiro atoms. The quantitative estimate of drug-likeness (QED) is 0.592.